The van der Waals surface area contributed by atoms with E-state index in [9.17, 15) is 8.78 Å². The summed E-state index contributed by atoms with van der Waals surface area (Å²) in [5, 5.41) is 0. The number of rotatable bonds is 3. The van der Waals surface area contributed by atoms with Gasteiger partial charge in [0, 0.05) is 23.1 Å². The Labute approximate surface area is 113 Å². The number of alkyl halides is 1. The highest BCUT2D eigenvalue weighted by Gasteiger charge is 2.12. The molecule has 0 fully saturated rings. The van der Waals surface area contributed by atoms with Crippen molar-refractivity contribution in [1.82, 2.24) is 4.98 Å². The summed E-state index contributed by atoms with van der Waals surface area (Å²) in [5.41, 5.74) is 2.71. The van der Waals surface area contributed by atoms with Gasteiger partial charge in [0.2, 0.25) is 0 Å². The third kappa shape index (κ3) is 3.13. The summed E-state index contributed by atoms with van der Waals surface area (Å²) in [6.07, 6.45) is 2.42. The summed E-state index contributed by atoms with van der Waals surface area (Å²) in [6, 6.07) is 7.84. The molecule has 0 amide bonds. The predicted molar refractivity (Wildman–Crippen MR) is 70.7 cm³/mol. The number of aromatic nitrogens is 1. The van der Waals surface area contributed by atoms with E-state index in [0.29, 0.717) is 12.0 Å². The lowest BCUT2D eigenvalue weighted by Gasteiger charge is -2.10. The Morgan fingerprint density at radius 1 is 1.17 bits per heavy atom. The number of hydrogen-bond donors (Lipinski definition) is 0. The molecule has 0 N–H and O–H groups in total. The molecule has 0 spiro atoms. The van der Waals surface area contributed by atoms with Crippen molar-refractivity contribution in [3.05, 3.63) is 65.0 Å². The van der Waals surface area contributed by atoms with Crippen LogP contribution in [0.3, 0.4) is 0 Å². The third-order valence-electron chi connectivity index (χ3n) is 2.67. The molecule has 2 aromatic rings. The average Bonchev–Trinajstić information content (AvgIpc) is 2.35. The van der Waals surface area contributed by atoms with Crippen LogP contribution in [0.5, 0.6) is 0 Å². The maximum atomic E-state index is 13.1. The normalized spacial score (nSPS) is 12.4. The number of hydrogen-bond acceptors (Lipinski definition) is 1. The van der Waals surface area contributed by atoms with Gasteiger partial charge in [-0.2, -0.15) is 0 Å². The molecule has 1 heterocycles. The Bertz CT molecular complexity index is 540. The zero-order chi connectivity index (χ0) is 13.1. The first-order chi connectivity index (χ1) is 8.56. The SMILES string of the molecule is Cc1ccc(CC(Br)c2ccc(F)c(F)c2)nc1. The molecule has 0 aliphatic heterocycles. The predicted octanol–water partition coefficient (Wildman–Crippen LogP) is 4.35. The molecular formula is C14H12BrF2N. The van der Waals surface area contributed by atoms with Crippen molar-refractivity contribution in [2.24, 2.45) is 0 Å². The largest absolute Gasteiger partial charge is 0.261 e. The number of halogens is 3. The Hall–Kier alpha value is -1.29. The molecule has 0 bridgehead atoms. The third-order valence-corrected chi connectivity index (χ3v) is 3.52. The second-order valence-corrected chi connectivity index (χ2v) is 5.28. The Morgan fingerprint density at radius 3 is 2.56 bits per heavy atom. The first-order valence-electron chi connectivity index (χ1n) is 5.57. The zero-order valence-corrected chi connectivity index (χ0v) is 11.4. The van der Waals surface area contributed by atoms with Crippen molar-refractivity contribution < 1.29 is 8.78 Å². The fourth-order valence-corrected chi connectivity index (χ4v) is 2.24. The molecule has 1 aromatic carbocycles. The molecule has 18 heavy (non-hydrogen) atoms. The summed E-state index contributed by atoms with van der Waals surface area (Å²) in [6.45, 7) is 1.97. The Balaban J connectivity index is 2.13. The zero-order valence-electron chi connectivity index (χ0n) is 9.83. The maximum absolute atomic E-state index is 13.1. The van der Waals surface area contributed by atoms with E-state index in [-0.39, 0.29) is 4.83 Å². The smallest absolute Gasteiger partial charge is 0.159 e. The fourth-order valence-electron chi connectivity index (χ4n) is 1.63. The van der Waals surface area contributed by atoms with Gasteiger partial charge in [-0.05, 0) is 36.2 Å². The molecule has 4 heteroatoms. The van der Waals surface area contributed by atoms with E-state index in [1.165, 1.54) is 6.07 Å². The van der Waals surface area contributed by atoms with Gasteiger partial charge in [0.05, 0.1) is 0 Å². The van der Waals surface area contributed by atoms with Gasteiger partial charge in [0.15, 0.2) is 11.6 Å². The molecule has 0 saturated carbocycles. The van der Waals surface area contributed by atoms with Crippen LogP contribution in [0.1, 0.15) is 21.6 Å². The van der Waals surface area contributed by atoms with Crippen LogP contribution in [-0.4, -0.2) is 4.98 Å². The summed E-state index contributed by atoms with van der Waals surface area (Å²) in [4.78, 5) is 4.21. The quantitative estimate of drug-likeness (QED) is 0.768. The topological polar surface area (TPSA) is 12.9 Å². The summed E-state index contributed by atoms with van der Waals surface area (Å²) in [5.74, 6) is -1.65. The molecule has 1 nitrogen and oxygen atoms in total. The van der Waals surface area contributed by atoms with Crippen LogP contribution in [-0.2, 0) is 6.42 Å². The van der Waals surface area contributed by atoms with E-state index in [0.717, 1.165) is 17.3 Å². The van der Waals surface area contributed by atoms with Crippen LogP contribution in [0, 0.1) is 18.6 Å². The van der Waals surface area contributed by atoms with Gasteiger partial charge in [0.25, 0.3) is 0 Å². The minimum atomic E-state index is -0.827. The minimum absolute atomic E-state index is 0.0807. The maximum Gasteiger partial charge on any atom is 0.159 e. The van der Waals surface area contributed by atoms with Crippen LogP contribution in [0.4, 0.5) is 8.78 Å². The molecule has 2 rings (SSSR count). The Morgan fingerprint density at radius 2 is 1.94 bits per heavy atom. The molecule has 1 unspecified atom stereocenters. The van der Waals surface area contributed by atoms with Crippen LogP contribution >= 0.6 is 15.9 Å². The average molecular weight is 312 g/mol. The van der Waals surface area contributed by atoms with Crippen molar-refractivity contribution in [1.29, 1.82) is 0 Å². The van der Waals surface area contributed by atoms with Crippen molar-refractivity contribution in [3.63, 3.8) is 0 Å². The van der Waals surface area contributed by atoms with Gasteiger partial charge in [0.1, 0.15) is 0 Å². The van der Waals surface area contributed by atoms with E-state index in [2.05, 4.69) is 20.9 Å². The summed E-state index contributed by atoms with van der Waals surface area (Å²) < 4.78 is 26.0. The standard InChI is InChI=1S/C14H12BrF2N/c1-9-2-4-11(18-8-9)7-12(15)10-3-5-13(16)14(17)6-10/h2-6,8,12H,7H2,1H3. The second-order valence-electron chi connectivity index (χ2n) is 4.17. The minimum Gasteiger partial charge on any atom is -0.261 e. The summed E-state index contributed by atoms with van der Waals surface area (Å²) in [7, 11) is 0. The second kappa shape index (κ2) is 5.57. The van der Waals surface area contributed by atoms with Gasteiger partial charge >= 0.3 is 0 Å². The molecule has 0 aliphatic rings. The molecule has 1 aromatic heterocycles. The van der Waals surface area contributed by atoms with Gasteiger partial charge in [-0.1, -0.05) is 28.1 Å². The Kier molecular flexibility index (Phi) is 4.07. The lowest BCUT2D eigenvalue weighted by molar-refractivity contribution is 0.507. The highest BCUT2D eigenvalue weighted by atomic mass is 79.9. The van der Waals surface area contributed by atoms with Crippen molar-refractivity contribution >= 4 is 15.9 Å². The van der Waals surface area contributed by atoms with Crippen molar-refractivity contribution in [2.45, 2.75) is 18.2 Å². The molecule has 0 saturated heterocycles. The van der Waals surface area contributed by atoms with Crippen LogP contribution in [0.25, 0.3) is 0 Å². The number of benzene rings is 1. The monoisotopic (exact) mass is 311 g/mol. The van der Waals surface area contributed by atoms with E-state index in [4.69, 9.17) is 0 Å². The number of nitrogens with zero attached hydrogens (tertiary/aromatic N) is 1. The fraction of sp³-hybridized carbons (Fsp3) is 0.214. The van der Waals surface area contributed by atoms with Crippen LogP contribution in [0.15, 0.2) is 36.5 Å². The van der Waals surface area contributed by atoms with Gasteiger partial charge in [-0.15, -0.1) is 0 Å². The molecule has 1 atom stereocenters. The van der Waals surface area contributed by atoms with Crippen molar-refractivity contribution in [3.8, 4) is 0 Å². The van der Waals surface area contributed by atoms with Crippen LogP contribution < -0.4 is 0 Å². The number of aryl methyl sites for hydroxylation is 1. The molecular weight excluding hydrogens is 300 g/mol. The first kappa shape index (κ1) is 13.1. The highest BCUT2D eigenvalue weighted by Crippen LogP contribution is 2.27. The van der Waals surface area contributed by atoms with E-state index >= 15 is 0 Å². The van der Waals surface area contributed by atoms with Crippen LogP contribution in [0.2, 0.25) is 0 Å². The first-order valence-corrected chi connectivity index (χ1v) is 6.48. The lowest BCUT2D eigenvalue weighted by Crippen LogP contribution is -1.99. The highest BCUT2D eigenvalue weighted by molar-refractivity contribution is 9.09. The molecule has 94 valence electrons. The van der Waals surface area contributed by atoms with Gasteiger partial charge in [-0.3, -0.25) is 4.98 Å². The van der Waals surface area contributed by atoms with Gasteiger partial charge < -0.3 is 0 Å². The van der Waals surface area contributed by atoms with E-state index < -0.39 is 11.6 Å². The van der Waals surface area contributed by atoms with E-state index in [1.807, 2.05) is 19.1 Å². The summed E-state index contributed by atoms with van der Waals surface area (Å²) >= 11 is 3.47. The van der Waals surface area contributed by atoms with Gasteiger partial charge in [-0.25, -0.2) is 8.78 Å². The van der Waals surface area contributed by atoms with E-state index in [1.54, 1.807) is 12.3 Å². The number of pyridine rings is 1. The molecule has 0 aliphatic carbocycles. The molecule has 0 radical (unpaired) electrons. The van der Waals surface area contributed by atoms with Crippen molar-refractivity contribution in [2.75, 3.05) is 0 Å². The lowest BCUT2D eigenvalue weighted by atomic mass is 10.1.